The standard InChI is InChI=1S/C15H17ClO2/c1-2-9-15(11-17,12-18)10-5-7-13-6-3-4-8-14(13)16/h1,3-8,17-18H,9-12H2/b7-5+. The minimum Gasteiger partial charge on any atom is -0.396 e. The monoisotopic (exact) mass is 264 g/mol. The number of allylic oxidation sites excluding steroid dienone is 1. The number of hydrogen-bond acceptors (Lipinski definition) is 2. The molecular formula is C15H17ClO2. The van der Waals surface area contributed by atoms with Gasteiger partial charge >= 0.3 is 0 Å². The van der Waals surface area contributed by atoms with Crippen LogP contribution in [-0.2, 0) is 0 Å². The molecular weight excluding hydrogens is 248 g/mol. The fourth-order valence-electron chi connectivity index (χ4n) is 1.63. The Morgan fingerprint density at radius 1 is 1.28 bits per heavy atom. The Morgan fingerprint density at radius 3 is 2.50 bits per heavy atom. The molecule has 0 aromatic heterocycles. The molecule has 96 valence electrons. The van der Waals surface area contributed by atoms with Crippen LogP contribution in [0.1, 0.15) is 18.4 Å². The Hall–Kier alpha value is -1.27. The maximum Gasteiger partial charge on any atom is 0.0521 e. The molecule has 1 aromatic carbocycles. The van der Waals surface area contributed by atoms with Gasteiger partial charge in [-0.3, -0.25) is 0 Å². The van der Waals surface area contributed by atoms with Crippen LogP contribution in [0.5, 0.6) is 0 Å². The summed E-state index contributed by atoms with van der Waals surface area (Å²) >= 11 is 6.02. The van der Waals surface area contributed by atoms with E-state index in [2.05, 4.69) is 5.92 Å². The molecule has 0 atom stereocenters. The average molecular weight is 265 g/mol. The molecule has 0 fully saturated rings. The van der Waals surface area contributed by atoms with E-state index >= 15 is 0 Å². The van der Waals surface area contributed by atoms with E-state index < -0.39 is 5.41 Å². The van der Waals surface area contributed by atoms with Gasteiger partial charge in [-0.25, -0.2) is 0 Å². The lowest BCUT2D eigenvalue weighted by atomic mass is 9.83. The van der Waals surface area contributed by atoms with Crippen LogP contribution in [0, 0.1) is 17.8 Å². The Bertz CT molecular complexity index is 442. The van der Waals surface area contributed by atoms with Crippen molar-refractivity contribution in [3.63, 3.8) is 0 Å². The Balaban J connectivity index is 2.74. The van der Waals surface area contributed by atoms with Crippen molar-refractivity contribution in [2.24, 2.45) is 5.41 Å². The van der Waals surface area contributed by atoms with Gasteiger partial charge in [0.25, 0.3) is 0 Å². The van der Waals surface area contributed by atoms with Crippen molar-refractivity contribution in [1.82, 2.24) is 0 Å². The number of aliphatic hydroxyl groups excluding tert-OH is 2. The molecule has 0 saturated carbocycles. The van der Waals surface area contributed by atoms with Crippen molar-refractivity contribution >= 4 is 17.7 Å². The summed E-state index contributed by atoms with van der Waals surface area (Å²) in [6.45, 7) is -0.277. The summed E-state index contributed by atoms with van der Waals surface area (Å²) in [6.07, 6.45) is 9.86. The molecule has 0 aliphatic carbocycles. The predicted octanol–water partition coefficient (Wildman–Crippen LogP) is 2.74. The third kappa shape index (κ3) is 3.89. The van der Waals surface area contributed by atoms with E-state index in [1.165, 1.54) is 0 Å². The van der Waals surface area contributed by atoms with E-state index in [0.717, 1.165) is 5.56 Å². The zero-order valence-electron chi connectivity index (χ0n) is 10.1. The molecule has 3 heteroatoms. The van der Waals surface area contributed by atoms with Crippen LogP contribution >= 0.6 is 11.6 Å². The van der Waals surface area contributed by atoms with Crippen LogP contribution in [0.4, 0.5) is 0 Å². The number of rotatable bonds is 6. The first kappa shape index (κ1) is 14.8. The van der Waals surface area contributed by atoms with Crippen LogP contribution in [0.15, 0.2) is 30.3 Å². The van der Waals surface area contributed by atoms with E-state index in [1.54, 1.807) is 0 Å². The van der Waals surface area contributed by atoms with Crippen molar-refractivity contribution in [1.29, 1.82) is 0 Å². The number of aliphatic hydroxyl groups is 2. The maximum absolute atomic E-state index is 9.34. The van der Waals surface area contributed by atoms with Crippen LogP contribution in [0.25, 0.3) is 6.08 Å². The predicted molar refractivity (Wildman–Crippen MR) is 75.2 cm³/mol. The molecule has 0 aliphatic rings. The highest BCUT2D eigenvalue weighted by Crippen LogP contribution is 2.26. The maximum atomic E-state index is 9.34. The highest BCUT2D eigenvalue weighted by atomic mass is 35.5. The minimum absolute atomic E-state index is 0.138. The largest absolute Gasteiger partial charge is 0.396 e. The topological polar surface area (TPSA) is 40.5 Å². The second-order valence-corrected chi connectivity index (χ2v) is 4.73. The summed E-state index contributed by atoms with van der Waals surface area (Å²) in [5.41, 5.74) is 0.261. The molecule has 0 radical (unpaired) electrons. The summed E-state index contributed by atoms with van der Waals surface area (Å²) in [4.78, 5) is 0. The molecule has 0 aliphatic heterocycles. The lowest BCUT2D eigenvalue weighted by Gasteiger charge is -2.25. The van der Waals surface area contributed by atoms with Gasteiger partial charge in [0, 0.05) is 16.9 Å². The van der Waals surface area contributed by atoms with Crippen LogP contribution in [-0.4, -0.2) is 23.4 Å². The number of halogens is 1. The second kappa shape index (κ2) is 7.23. The number of benzene rings is 1. The summed E-state index contributed by atoms with van der Waals surface area (Å²) in [7, 11) is 0. The first-order chi connectivity index (χ1) is 8.67. The lowest BCUT2D eigenvalue weighted by Crippen LogP contribution is -2.28. The molecule has 0 spiro atoms. The minimum atomic E-state index is -0.646. The van der Waals surface area contributed by atoms with E-state index in [9.17, 15) is 10.2 Å². The summed E-state index contributed by atoms with van der Waals surface area (Å²) < 4.78 is 0. The van der Waals surface area contributed by atoms with Gasteiger partial charge in [-0.15, -0.1) is 12.3 Å². The quantitative estimate of drug-likeness (QED) is 0.776. The van der Waals surface area contributed by atoms with Crippen molar-refractivity contribution in [2.45, 2.75) is 12.8 Å². The normalized spacial score (nSPS) is 11.7. The number of hydrogen-bond donors (Lipinski definition) is 2. The summed E-state index contributed by atoms with van der Waals surface area (Å²) in [5, 5.41) is 19.4. The van der Waals surface area contributed by atoms with E-state index in [1.807, 2.05) is 36.4 Å². The van der Waals surface area contributed by atoms with Gasteiger partial charge in [0.15, 0.2) is 0 Å². The molecule has 0 heterocycles. The van der Waals surface area contributed by atoms with Gasteiger partial charge in [-0.2, -0.15) is 0 Å². The van der Waals surface area contributed by atoms with Gasteiger partial charge < -0.3 is 10.2 Å². The third-order valence-corrected chi connectivity index (χ3v) is 3.25. The smallest absolute Gasteiger partial charge is 0.0521 e. The van der Waals surface area contributed by atoms with Gasteiger partial charge in [0.2, 0.25) is 0 Å². The van der Waals surface area contributed by atoms with Crippen molar-refractivity contribution in [3.8, 4) is 12.3 Å². The lowest BCUT2D eigenvalue weighted by molar-refractivity contribution is 0.0612. The molecule has 0 bridgehead atoms. The van der Waals surface area contributed by atoms with Gasteiger partial charge in [-0.1, -0.05) is 42.0 Å². The first-order valence-corrected chi connectivity index (χ1v) is 6.11. The summed E-state index contributed by atoms with van der Waals surface area (Å²) in [6, 6.07) is 7.48. The third-order valence-electron chi connectivity index (χ3n) is 2.90. The van der Waals surface area contributed by atoms with E-state index in [-0.39, 0.29) is 13.2 Å². The highest BCUT2D eigenvalue weighted by molar-refractivity contribution is 6.32. The van der Waals surface area contributed by atoms with Crippen LogP contribution in [0.2, 0.25) is 5.02 Å². The Labute approximate surface area is 113 Å². The van der Waals surface area contributed by atoms with Crippen molar-refractivity contribution < 1.29 is 10.2 Å². The Kier molecular flexibility index (Phi) is 5.94. The van der Waals surface area contributed by atoms with E-state index in [0.29, 0.717) is 17.9 Å². The fraction of sp³-hybridized carbons (Fsp3) is 0.333. The molecule has 2 nitrogen and oxygen atoms in total. The molecule has 0 saturated heterocycles. The Morgan fingerprint density at radius 2 is 1.94 bits per heavy atom. The van der Waals surface area contributed by atoms with Crippen molar-refractivity contribution in [3.05, 3.63) is 40.9 Å². The average Bonchev–Trinajstić information content (AvgIpc) is 2.40. The molecule has 0 amide bonds. The van der Waals surface area contributed by atoms with E-state index in [4.69, 9.17) is 18.0 Å². The summed E-state index contributed by atoms with van der Waals surface area (Å²) in [5.74, 6) is 2.49. The highest BCUT2D eigenvalue weighted by Gasteiger charge is 2.26. The van der Waals surface area contributed by atoms with Gasteiger partial charge in [0.1, 0.15) is 0 Å². The fourth-order valence-corrected chi connectivity index (χ4v) is 1.82. The van der Waals surface area contributed by atoms with Gasteiger partial charge in [0.05, 0.1) is 13.2 Å². The van der Waals surface area contributed by atoms with Crippen molar-refractivity contribution in [2.75, 3.05) is 13.2 Å². The molecule has 1 rings (SSSR count). The molecule has 0 unspecified atom stereocenters. The molecule has 18 heavy (non-hydrogen) atoms. The van der Waals surface area contributed by atoms with Crippen LogP contribution < -0.4 is 0 Å². The molecule has 1 aromatic rings. The SMILES string of the molecule is C#CCC(CO)(CO)C/C=C/c1ccccc1Cl. The molecule has 2 N–H and O–H groups in total. The van der Waals surface area contributed by atoms with Gasteiger partial charge in [-0.05, 0) is 18.1 Å². The van der Waals surface area contributed by atoms with Crippen LogP contribution in [0.3, 0.4) is 0 Å². The zero-order valence-corrected chi connectivity index (χ0v) is 10.9. The zero-order chi connectivity index (χ0) is 13.4. The first-order valence-electron chi connectivity index (χ1n) is 5.74. The number of terminal acetylenes is 1. The second-order valence-electron chi connectivity index (χ2n) is 4.33.